The molecule has 1 saturated carbocycles. The maximum atomic E-state index is 14.7. The first kappa shape index (κ1) is 48.2. The number of aliphatic hydroxyl groups is 3. The number of carboxylic acids is 1. The fraction of sp³-hybridized carbons (Fsp3) is 0.633. The molecule has 16 nitrogen and oxygen atoms in total. The monoisotopic (exact) mass is 940 g/mol. The molecule has 16 atom stereocenters. The maximum absolute atomic E-state index is 14.7. The third kappa shape index (κ3) is 8.83. The van der Waals surface area contributed by atoms with Gasteiger partial charge in [-0.05, 0) is 95.2 Å². The van der Waals surface area contributed by atoms with Crippen LogP contribution < -0.4 is 0 Å². The molecule has 0 unspecified atom stereocenters. The number of aliphatic carboxylic acids is 1. The molecule has 0 amide bonds. The summed E-state index contributed by atoms with van der Waals surface area (Å²) in [6.07, 6.45) is 6.18. The highest BCUT2D eigenvalue weighted by Crippen LogP contribution is 2.55. The summed E-state index contributed by atoms with van der Waals surface area (Å²) in [7, 11) is 0. The number of carbonyl (C=O) groups is 4. The van der Waals surface area contributed by atoms with E-state index in [1.54, 1.807) is 33.8 Å². The van der Waals surface area contributed by atoms with Gasteiger partial charge in [-0.2, -0.15) is 0 Å². The highest BCUT2D eigenvalue weighted by atomic mass is 35.5. The van der Waals surface area contributed by atoms with Crippen molar-refractivity contribution >= 4 is 35.5 Å². The molecule has 2 saturated heterocycles. The van der Waals surface area contributed by atoms with Crippen LogP contribution in [0.15, 0.2) is 59.6 Å². The van der Waals surface area contributed by atoms with Gasteiger partial charge in [-0.1, -0.05) is 61.7 Å². The predicted octanol–water partition coefficient (Wildman–Crippen LogP) is 6.66. The van der Waals surface area contributed by atoms with Crippen LogP contribution in [0.1, 0.15) is 108 Å². The number of ether oxygens (including phenoxy) is 7. The summed E-state index contributed by atoms with van der Waals surface area (Å²) < 4.78 is 42.8. The molecular weight excluding hydrogens is 880 g/mol. The molecule has 8 rings (SSSR count). The Morgan fingerprint density at radius 1 is 0.894 bits per heavy atom. The number of rotatable bonds is 7. The van der Waals surface area contributed by atoms with Crippen molar-refractivity contribution in [3.8, 4) is 5.75 Å². The van der Waals surface area contributed by atoms with Gasteiger partial charge in [0, 0.05) is 41.7 Å². The Bertz CT molecular complexity index is 2190. The van der Waals surface area contributed by atoms with E-state index in [0.717, 1.165) is 12.8 Å². The molecule has 0 aromatic heterocycles. The summed E-state index contributed by atoms with van der Waals surface area (Å²) in [6.45, 7) is 8.47. The minimum absolute atomic E-state index is 0.0120. The molecule has 0 radical (unpaired) electrons. The van der Waals surface area contributed by atoms with Crippen molar-refractivity contribution in [2.24, 2.45) is 35.0 Å². The first-order chi connectivity index (χ1) is 31.3. The average Bonchev–Trinajstić information content (AvgIpc) is 3.48. The number of aliphatic hydroxyl groups excluding tert-OH is 3. The van der Waals surface area contributed by atoms with E-state index in [4.69, 9.17) is 44.8 Å². The molecule has 4 aliphatic heterocycles. The van der Waals surface area contributed by atoms with E-state index < -0.39 is 114 Å². The van der Waals surface area contributed by atoms with Crippen molar-refractivity contribution in [1.82, 2.24) is 0 Å². The molecule has 4 heterocycles. The van der Waals surface area contributed by atoms with E-state index in [9.17, 15) is 44.7 Å². The van der Waals surface area contributed by atoms with E-state index in [-0.39, 0.29) is 58.9 Å². The molecule has 1 aromatic carbocycles. The van der Waals surface area contributed by atoms with Crippen molar-refractivity contribution < 1.29 is 77.9 Å². The van der Waals surface area contributed by atoms with Crippen LogP contribution in [0.2, 0.25) is 5.02 Å². The van der Waals surface area contributed by atoms with Crippen LogP contribution in [-0.4, -0.2) is 110 Å². The van der Waals surface area contributed by atoms with Crippen molar-refractivity contribution in [3.05, 3.63) is 75.8 Å². The topological polar surface area (TPSA) is 234 Å². The Labute approximate surface area is 388 Å². The molecule has 3 aliphatic carbocycles. The number of phenols is 1. The summed E-state index contributed by atoms with van der Waals surface area (Å²) in [6, 6.07) is 2.75. The number of allylic oxidation sites excluding steroid dienone is 2. The van der Waals surface area contributed by atoms with Crippen LogP contribution in [0.4, 0.5) is 0 Å². The molecule has 1 spiro atoms. The number of hydrogen-bond donors (Lipinski definition) is 5. The first-order valence-corrected chi connectivity index (χ1v) is 23.6. The lowest BCUT2D eigenvalue weighted by Gasteiger charge is -2.51. The minimum atomic E-state index is -1.62. The molecule has 5 N–H and O–H groups in total. The van der Waals surface area contributed by atoms with Gasteiger partial charge in [0.05, 0.1) is 29.8 Å². The Morgan fingerprint density at radius 3 is 2.38 bits per heavy atom. The van der Waals surface area contributed by atoms with Crippen LogP contribution in [-0.2, 0) is 47.5 Å². The number of carbonyl (C=O) groups excluding carboxylic acids is 3. The minimum Gasteiger partial charge on any atom is -0.507 e. The quantitative estimate of drug-likeness (QED) is 0.109. The Balaban J connectivity index is 0.954. The fourth-order valence-corrected chi connectivity index (χ4v) is 11.7. The third-order valence-electron chi connectivity index (χ3n) is 15.2. The first-order valence-electron chi connectivity index (χ1n) is 23.2. The van der Waals surface area contributed by atoms with E-state index in [2.05, 4.69) is 6.08 Å². The molecule has 66 heavy (non-hydrogen) atoms. The van der Waals surface area contributed by atoms with Gasteiger partial charge in [-0.15, -0.1) is 0 Å². The van der Waals surface area contributed by atoms with Gasteiger partial charge in [0.15, 0.2) is 23.9 Å². The van der Waals surface area contributed by atoms with Crippen LogP contribution in [0.25, 0.3) is 0 Å². The smallest absolute Gasteiger partial charge is 0.379 e. The van der Waals surface area contributed by atoms with Crippen molar-refractivity contribution in [2.75, 3.05) is 0 Å². The second-order valence-electron chi connectivity index (χ2n) is 19.4. The van der Waals surface area contributed by atoms with E-state index in [0.29, 0.717) is 37.7 Å². The largest absolute Gasteiger partial charge is 0.507 e. The number of hydrogen-bond acceptors (Lipinski definition) is 15. The second kappa shape index (κ2) is 19.0. The van der Waals surface area contributed by atoms with Crippen LogP contribution in [0, 0.1) is 41.9 Å². The Kier molecular flexibility index (Phi) is 13.9. The van der Waals surface area contributed by atoms with E-state index >= 15 is 0 Å². The zero-order valence-corrected chi connectivity index (χ0v) is 38.6. The van der Waals surface area contributed by atoms with Crippen molar-refractivity contribution in [1.29, 1.82) is 0 Å². The third-order valence-corrected chi connectivity index (χ3v) is 15.7. The molecule has 1 aromatic rings. The van der Waals surface area contributed by atoms with Crippen LogP contribution in [0.5, 0.6) is 5.75 Å². The normalized spacial score (nSPS) is 40.9. The molecule has 2 bridgehead atoms. The molecule has 7 aliphatic rings. The predicted molar refractivity (Wildman–Crippen MR) is 233 cm³/mol. The molecule has 360 valence electrons. The summed E-state index contributed by atoms with van der Waals surface area (Å²) in [5.41, 5.74) is -2.41. The van der Waals surface area contributed by atoms with Crippen LogP contribution in [0.3, 0.4) is 0 Å². The number of phenolic OH excluding ortho intramolecular Hbond substituents is 1. The van der Waals surface area contributed by atoms with Crippen molar-refractivity contribution in [2.45, 2.75) is 160 Å². The standard InChI is InChI=1S/C49H61ClO16/c1-23-22-49-28(19-30(23)44(55)56)12-9-7-6-8-11-27-15-16-29-31(48(27,5)47(59)65-42(43(49)54)46(58)66-49)13-10-14-35(29)62-37-20-34(52)41(26(4)61-37)64-38-21-36(40(53)25(3)60-38)63-45(57)39-24(2)32(50)17-18-33(39)51/h9,12,15-19,23,25-29,31,34-38,40-41,51-54H,6-8,10-11,13-14,20-22H2,1-5H3,(H,55,56)/b12-9-/t23-,25-,26-,27-,28-,29-,31-,34-,35+,36-,37+,38+,40-,41-,48+,49+/m1/s1. The lowest BCUT2D eigenvalue weighted by Crippen LogP contribution is -2.56. The zero-order valence-electron chi connectivity index (χ0n) is 37.8. The van der Waals surface area contributed by atoms with Crippen LogP contribution >= 0.6 is 11.6 Å². The summed E-state index contributed by atoms with van der Waals surface area (Å²) in [5, 5.41) is 54.7. The number of aromatic hydroxyl groups is 1. The number of benzene rings is 1. The lowest BCUT2D eigenvalue weighted by atomic mass is 9.55. The second-order valence-corrected chi connectivity index (χ2v) is 19.8. The maximum Gasteiger partial charge on any atom is 0.379 e. The number of halogens is 1. The van der Waals surface area contributed by atoms with E-state index in [1.807, 2.05) is 19.1 Å². The van der Waals surface area contributed by atoms with Gasteiger partial charge in [-0.3, -0.25) is 4.79 Å². The zero-order chi connectivity index (χ0) is 47.4. The van der Waals surface area contributed by atoms with Crippen molar-refractivity contribution in [3.63, 3.8) is 0 Å². The average molecular weight is 941 g/mol. The van der Waals surface area contributed by atoms with Gasteiger partial charge >= 0.3 is 23.9 Å². The summed E-state index contributed by atoms with van der Waals surface area (Å²) >= 11 is 6.19. The van der Waals surface area contributed by atoms with E-state index in [1.165, 1.54) is 18.2 Å². The molecule has 3 fully saturated rings. The molecular formula is C49H61ClO16. The summed E-state index contributed by atoms with van der Waals surface area (Å²) in [4.78, 5) is 53.6. The van der Waals surface area contributed by atoms with Gasteiger partial charge in [0.2, 0.25) is 0 Å². The highest BCUT2D eigenvalue weighted by Gasteiger charge is 2.60. The Morgan fingerprint density at radius 2 is 1.64 bits per heavy atom. The lowest BCUT2D eigenvalue weighted by molar-refractivity contribution is -0.318. The van der Waals surface area contributed by atoms with Gasteiger partial charge in [0.1, 0.15) is 29.6 Å². The van der Waals surface area contributed by atoms with Gasteiger partial charge in [-0.25, -0.2) is 14.4 Å². The highest BCUT2D eigenvalue weighted by molar-refractivity contribution is 6.32. The number of fused-ring (bicyclic) bond motifs is 3. The van der Waals surface area contributed by atoms with Gasteiger partial charge < -0.3 is 58.7 Å². The van der Waals surface area contributed by atoms with Gasteiger partial charge in [0.25, 0.3) is 5.76 Å². The molecule has 17 heteroatoms. The number of esters is 3. The number of carboxylic acid groups (broad SMARTS) is 1. The Hall–Kier alpha value is -4.29. The SMILES string of the molecule is Cc1c(Cl)ccc(O)c1C(=O)O[C@@H]1C[C@H](O[C@H]2[C@H](O)C[C@H](O[C@H]3CCC[C@@H]4[C@H]3C=C[C@H]3CCCC/C=C\[C@@H]5C=C(C(=O)O)[C@H](C)C[C@]56OC(=O)C(=C6O)OC(=O)[C@]43C)O[C@@H]2C)O[C@H](C)[C@H]1O. The fourth-order valence-electron chi connectivity index (χ4n) is 11.5. The summed E-state index contributed by atoms with van der Waals surface area (Å²) in [5.74, 6) is -7.22.